The molecule has 0 rings (SSSR count). The average Bonchev–Trinajstić information content (AvgIpc) is 1.50. The Morgan fingerprint density at radius 3 is 1.08 bits per heavy atom. The molecule has 0 saturated carbocycles. The van der Waals surface area contributed by atoms with Crippen molar-refractivity contribution in [2.24, 2.45) is 0 Å². The SMILES string of the molecule is CS(=O)(=O)[O-].O=S(=O)([O-])C(F)(F)F. The first-order valence-electron chi connectivity index (χ1n) is 2.18. The van der Waals surface area contributed by atoms with Crippen molar-refractivity contribution in [2.45, 2.75) is 5.51 Å². The summed E-state index contributed by atoms with van der Waals surface area (Å²) in [5.74, 6) is 0. The van der Waals surface area contributed by atoms with E-state index in [1.165, 1.54) is 0 Å². The summed E-state index contributed by atoms with van der Waals surface area (Å²) in [6.07, 6.45) is 0.604. The van der Waals surface area contributed by atoms with E-state index >= 15 is 0 Å². The molecule has 0 N–H and O–H groups in total. The van der Waals surface area contributed by atoms with Crippen LogP contribution < -0.4 is 0 Å². The highest BCUT2D eigenvalue weighted by Crippen LogP contribution is 2.20. The second-order valence-electron chi connectivity index (χ2n) is 1.60. The minimum Gasteiger partial charge on any atom is -0.748 e. The average molecular weight is 244 g/mol. The lowest BCUT2D eigenvalue weighted by molar-refractivity contribution is -0.0517. The van der Waals surface area contributed by atoms with Crippen molar-refractivity contribution in [1.82, 2.24) is 0 Å². The van der Waals surface area contributed by atoms with E-state index in [0.717, 1.165) is 0 Å². The standard InChI is InChI=1S/CHF3O3S.CH4O3S/c2-1(3,4)8(5,6)7;1-5(2,3)4/h(H,5,6,7);1H3,(H,2,3,4)/p-2. The van der Waals surface area contributed by atoms with E-state index in [4.69, 9.17) is 25.9 Å². The largest absolute Gasteiger partial charge is 0.748 e. The molecule has 0 amide bonds. The Kier molecular flexibility index (Phi) is 4.89. The van der Waals surface area contributed by atoms with Gasteiger partial charge in [-0.05, 0) is 0 Å². The van der Waals surface area contributed by atoms with Crippen LogP contribution in [0.3, 0.4) is 0 Å². The third-order valence-electron chi connectivity index (χ3n) is 0.283. The number of hydrogen-bond donors (Lipinski definition) is 0. The third kappa shape index (κ3) is 14.5. The van der Waals surface area contributed by atoms with Crippen molar-refractivity contribution in [3.63, 3.8) is 0 Å². The van der Waals surface area contributed by atoms with Crippen molar-refractivity contribution >= 4 is 20.2 Å². The predicted molar refractivity (Wildman–Crippen MR) is 31.4 cm³/mol. The molecule has 0 radical (unpaired) electrons. The van der Waals surface area contributed by atoms with Crippen molar-refractivity contribution in [3.05, 3.63) is 0 Å². The quantitative estimate of drug-likeness (QED) is 0.407. The highest BCUT2D eigenvalue weighted by atomic mass is 32.2. The van der Waals surface area contributed by atoms with Crippen LogP contribution in [0.25, 0.3) is 0 Å². The number of hydrogen-bond acceptors (Lipinski definition) is 6. The summed E-state index contributed by atoms with van der Waals surface area (Å²) < 4.78 is 86.1. The van der Waals surface area contributed by atoms with Crippen molar-refractivity contribution in [2.75, 3.05) is 6.26 Å². The monoisotopic (exact) mass is 244 g/mol. The zero-order chi connectivity index (χ0) is 11.5. The summed E-state index contributed by atoms with van der Waals surface area (Å²) in [5.41, 5.74) is -5.65. The molecule has 0 aliphatic carbocycles. The Labute approximate surface area is 71.9 Å². The van der Waals surface area contributed by atoms with E-state index in [0.29, 0.717) is 6.26 Å². The molecule has 0 aliphatic rings. The Hall–Kier alpha value is -0.390. The Morgan fingerprint density at radius 2 is 1.08 bits per heavy atom. The molecular weight excluding hydrogens is 241 g/mol. The van der Waals surface area contributed by atoms with Crippen molar-refractivity contribution in [3.8, 4) is 0 Å². The zero-order valence-corrected chi connectivity index (χ0v) is 7.53. The van der Waals surface area contributed by atoms with Crippen LogP contribution in [0.4, 0.5) is 13.2 Å². The van der Waals surface area contributed by atoms with Gasteiger partial charge in [0.1, 0.15) is 0 Å². The molecule has 0 unspecified atom stereocenters. The van der Waals surface area contributed by atoms with Crippen LogP contribution in [0.1, 0.15) is 0 Å². The second-order valence-corrected chi connectivity index (χ2v) is 4.38. The van der Waals surface area contributed by atoms with Crippen LogP contribution in [0, 0.1) is 0 Å². The molecule has 0 aliphatic heterocycles. The first-order valence-corrected chi connectivity index (χ1v) is 5.40. The summed E-state index contributed by atoms with van der Waals surface area (Å²) in [4.78, 5) is 0. The Morgan fingerprint density at radius 1 is 1.00 bits per heavy atom. The van der Waals surface area contributed by atoms with Gasteiger partial charge in [0.15, 0.2) is 10.1 Å². The molecule has 0 aromatic carbocycles. The van der Waals surface area contributed by atoms with Gasteiger partial charge in [0.2, 0.25) is 0 Å². The lowest BCUT2D eigenvalue weighted by Crippen LogP contribution is -2.21. The van der Waals surface area contributed by atoms with Crippen LogP contribution in [0.5, 0.6) is 0 Å². The highest BCUT2D eigenvalue weighted by molar-refractivity contribution is 7.86. The van der Waals surface area contributed by atoms with Crippen LogP contribution in [0.15, 0.2) is 0 Å². The molecule has 6 nitrogen and oxygen atoms in total. The minimum absolute atomic E-state index is 0.604. The highest BCUT2D eigenvalue weighted by Gasteiger charge is 2.36. The van der Waals surface area contributed by atoms with Gasteiger partial charge in [0.25, 0.3) is 0 Å². The predicted octanol–water partition coefficient (Wildman–Crippen LogP) is -0.787. The molecule has 0 heterocycles. The Balaban J connectivity index is 0. The molecule has 13 heavy (non-hydrogen) atoms. The first kappa shape index (κ1) is 15.1. The van der Waals surface area contributed by atoms with Crippen molar-refractivity contribution < 1.29 is 39.1 Å². The van der Waals surface area contributed by atoms with Gasteiger partial charge in [-0.3, -0.25) is 0 Å². The summed E-state index contributed by atoms with van der Waals surface area (Å²) >= 11 is 0. The fourth-order valence-electron chi connectivity index (χ4n) is 0. The topological polar surface area (TPSA) is 114 Å². The minimum atomic E-state index is -6.09. The molecule has 0 bridgehead atoms. The summed E-state index contributed by atoms with van der Waals surface area (Å²) in [5, 5.41) is 0. The van der Waals surface area contributed by atoms with E-state index in [-0.39, 0.29) is 0 Å². The van der Waals surface area contributed by atoms with Crippen molar-refractivity contribution in [1.29, 1.82) is 0 Å². The fraction of sp³-hybridized carbons (Fsp3) is 1.00. The molecule has 0 atom stereocenters. The number of rotatable bonds is 0. The summed E-state index contributed by atoms with van der Waals surface area (Å²) in [7, 11) is -10.0. The molecule has 82 valence electrons. The van der Waals surface area contributed by atoms with Crippen LogP contribution in [-0.2, 0) is 20.2 Å². The molecule has 0 fully saturated rings. The molecule has 0 aromatic heterocycles. The lowest BCUT2D eigenvalue weighted by Gasteiger charge is -2.08. The smallest absolute Gasteiger partial charge is 0.485 e. The maximum atomic E-state index is 10.7. The van der Waals surface area contributed by atoms with Crippen LogP contribution in [0.2, 0.25) is 0 Å². The van der Waals surface area contributed by atoms with E-state index < -0.39 is 25.7 Å². The van der Waals surface area contributed by atoms with E-state index in [2.05, 4.69) is 0 Å². The lowest BCUT2D eigenvalue weighted by atomic mass is 11.6. The maximum absolute atomic E-state index is 10.7. The summed E-state index contributed by atoms with van der Waals surface area (Å²) in [6.45, 7) is 0. The molecular formula is C2H3F3O6S2-2. The van der Waals surface area contributed by atoms with Gasteiger partial charge in [0, 0.05) is 6.26 Å². The number of alkyl halides is 3. The van der Waals surface area contributed by atoms with Gasteiger partial charge in [-0.15, -0.1) is 0 Å². The van der Waals surface area contributed by atoms with Crippen LogP contribution in [-0.4, -0.2) is 37.7 Å². The van der Waals surface area contributed by atoms with Crippen LogP contribution >= 0.6 is 0 Å². The molecule has 11 heteroatoms. The molecule has 0 spiro atoms. The van der Waals surface area contributed by atoms with Gasteiger partial charge in [-0.2, -0.15) is 13.2 Å². The third-order valence-corrected chi connectivity index (χ3v) is 0.850. The zero-order valence-electron chi connectivity index (χ0n) is 5.90. The van der Waals surface area contributed by atoms with Gasteiger partial charge in [0.05, 0.1) is 10.1 Å². The fourth-order valence-corrected chi connectivity index (χ4v) is 0. The normalized spacial score (nSPS) is 13.1. The first-order chi connectivity index (χ1) is 5.25. The van der Waals surface area contributed by atoms with E-state index in [1.54, 1.807) is 0 Å². The second kappa shape index (κ2) is 4.21. The number of halogens is 3. The van der Waals surface area contributed by atoms with E-state index in [1.807, 2.05) is 0 Å². The van der Waals surface area contributed by atoms with Gasteiger partial charge in [-0.1, -0.05) is 0 Å². The van der Waals surface area contributed by atoms with Gasteiger partial charge < -0.3 is 9.11 Å². The van der Waals surface area contributed by atoms with Gasteiger partial charge >= 0.3 is 5.51 Å². The molecule has 0 saturated heterocycles. The Bertz CT molecular complexity index is 327. The molecule has 0 aromatic rings. The van der Waals surface area contributed by atoms with E-state index in [9.17, 15) is 13.2 Å². The maximum Gasteiger partial charge on any atom is 0.485 e. The van der Waals surface area contributed by atoms with Gasteiger partial charge in [-0.25, -0.2) is 16.8 Å². The summed E-state index contributed by atoms with van der Waals surface area (Å²) in [6, 6.07) is 0.